The summed E-state index contributed by atoms with van der Waals surface area (Å²) in [7, 11) is 1.58. The Balaban J connectivity index is 1.27. The van der Waals surface area contributed by atoms with Gasteiger partial charge in [-0.15, -0.1) is 0 Å². The van der Waals surface area contributed by atoms with E-state index >= 15 is 0 Å². The zero-order valence-electron chi connectivity index (χ0n) is 18.8. The minimum atomic E-state index is -0.323. The van der Waals surface area contributed by atoms with Crippen LogP contribution in [0.5, 0.6) is 23.0 Å². The number of fused-ring (bicyclic) bond motifs is 2. The van der Waals surface area contributed by atoms with Crippen molar-refractivity contribution in [1.82, 2.24) is 0 Å². The lowest BCUT2D eigenvalue weighted by atomic mass is 10.1. The monoisotopic (exact) mass is 467 g/mol. The first-order valence-electron chi connectivity index (χ1n) is 10.9. The molecule has 7 heteroatoms. The number of amides is 1. The molecule has 1 amide bonds. The number of nitrogens with one attached hydrogen (secondary N) is 1. The smallest absolute Gasteiger partial charge is 0.262 e. The number of hydrogen-bond acceptors (Lipinski definition) is 6. The van der Waals surface area contributed by atoms with Gasteiger partial charge in [0.05, 0.1) is 12.5 Å². The molecule has 1 aromatic heterocycles. The molecule has 174 valence electrons. The molecule has 0 aliphatic rings. The van der Waals surface area contributed by atoms with Gasteiger partial charge in [0, 0.05) is 11.8 Å². The summed E-state index contributed by atoms with van der Waals surface area (Å²) in [5.41, 5.74) is 0.653. The molecule has 1 N–H and O–H groups in total. The third kappa shape index (κ3) is 4.94. The van der Waals surface area contributed by atoms with Gasteiger partial charge in [-0.3, -0.25) is 9.59 Å². The minimum Gasteiger partial charge on any atom is -0.497 e. The van der Waals surface area contributed by atoms with Gasteiger partial charge < -0.3 is 23.9 Å². The first-order valence-corrected chi connectivity index (χ1v) is 10.9. The van der Waals surface area contributed by atoms with Crippen LogP contribution in [0.2, 0.25) is 0 Å². The van der Waals surface area contributed by atoms with Crippen molar-refractivity contribution in [3.63, 3.8) is 0 Å². The zero-order chi connectivity index (χ0) is 24.2. The Hall–Kier alpha value is -4.78. The van der Waals surface area contributed by atoms with Gasteiger partial charge >= 0.3 is 0 Å². The summed E-state index contributed by atoms with van der Waals surface area (Å²) < 4.78 is 22.1. The molecule has 4 aromatic carbocycles. The molecule has 0 radical (unpaired) electrons. The molecule has 7 nitrogen and oxygen atoms in total. The quantitative estimate of drug-likeness (QED) is 0.327. The van der Waals surface area contributed by atoms with Crippen LogP contribution in [0.25, 0.3) is 21.7 Å². The lowest BCUT2D eigenvalue weighted by molar-refractivity contribution is -0.118. The Morgan fingerprint density at radius 3 is 2.40 bits per heavy atom. The van der Waals surface area contributed by atoms with E-state index in [-0.39, 0.29) is 23.7 Å². The Labute approximate surface area is 200 Å². The third-order valence-electron chi connectivity index (χ3n) is 5.41. The molecule has 0 unspecified atom stereocenters. The van der Waals surface area contributed by atoms with Gasteiger partial charge in [-0.05, 0) is 59.3 Å². The highest BCUT2D eigenvalue weighted by molar-refractivity contribution is 5.92. The first kappa shape index (κ1) is 22.0. The van der Waals surface area contributed by atoms with Crippen LogP contribution in [0.4, 0.5) is 5.69 Å². The minimum absolute atomic E-state index is 0.0836. The highest BCUT2D eigenvalue weighted by Crippen LogP contribution is 2.26. The van der Waals surface area contributed by atoms with Gasteiger partial charge in [0.1, 0.15) is 29.1 Å². The molecule has 0 bridgehead atoms. The van der Waals surface area contributed by atoms with Crippen LogP contribution in [0.1, 0.15) is 0 Å². The maximum absolute atomic E-state index is 12.9. The molecule has 5 rings (SSSR count). The van der Waals surface area contributed by atoms with Gasteiger partial charge in [-0.2, -0.15) is 0 Å². The molecule has 35 heavy (non-hydrogen) atoms. The highest BCUT2D eigenvalue weighted by Gasteiger charge is 2.12. The number of rotatable bonds is 7. The van der Waals surface area contributed by atoms with Crippen LogP contribution in [-0.2, 0) is 4.79 Å². The molecule has 0 aliphatic heterocycles. The van der Waals surface area contributed by atoms with Crippen LogP contribution in [0, 0.1) is 0 Å². The third-order valence-corrected chi connectivity index (χ3v) is 5.41. The van der Waals surface area contributed by atoms with Gasteiger partial charge in [0.15, 0.2) is 6.61 Å². The molecule has 1 heterocycles. The van der Waals surface area contributed by atoms with Crippen molar-refractivity contribution in [2.24, 2.45) is 0 Å². The fourth-order valence-electron chi connectivity index (χ4n) is 3.63. The van der Waals surface area contributed by atoms with E-state index in [1.54, 1.807) is 55.6 Å². The van der Waals surface area contributed by atoms with E-state index in [0.717, 1.165) is 10.8 Å². The van der Waals surface area contributed by atoms with Crippen LogP contribution in [-0.4, -0.2) is 19.6 Å². The van der Waals surface area contributed by atoms with Crippen molar-refractivity contribution >= 4 is 33.3 Å². The highest BCUT2D eigenvalue weighted by atomic mass is 16.5. The second kappa shape index (κ2) is 9.61. The molecule has 0 fully saturated rings. The van der Waals surface area contributed by atoms with Gasteiger partial charge in [-0.25, -0.2) is 0 Å². The summed E-state index contributed by atoms with van der Waals surface area (Å²) in [6.45, 7) is -0.203. The molecule has 0 spiro atoms. The number of carbonyl (C=O) groups is 1. The van der Waals surface area contributed by atoms with Gasteiger partial charge in [-0.1, -0.05) is 30.3 Å². The Morgan fingerprint density at radius 2 is 1.60 bits per heavy atom. The van der Waals surface area contributed by atoms with E-state index in [9.17, 15) is 9.59 Å². The molecular weight excluding hydrogens is 446 g/mol. The maximum Gasteiger partial charge on any atom is 0.262 e. The molecule has 0 aliphatic carbocycles. The number of ether oxygens (including phenoxy) is 3. The molecule has 5 aromatic rings. The second-order valence-electron chi connectivity index (χ2n) is 7.76. The predicted molar refractivity (Wildman–Crippen MR) is 134 cm³/mol. The van der Waals surface area contributed by atoms with Crippen LogP contribution < -0.4 is 25.0 Å². The van der Waals surface area contributed by atoms with Crippen molar-refractivity contribution < 1.29 is 23.4 Å². The van der Waals surface area contributed by atoms with E-state index in [1.807, 2.05) is 36.4 Å². The van der Waals surface area contributed by atoms with Crippen LogP contribution in [0.3, 0.4) is 0 Å². The zero-order valence-corrected chi connectivity index (χ0v) is 18.8. The van der Waals surface area contributed by atoms with E-state index < -0.39 is 0 Å². The van der Waals surface area contributed by atoms with Gasteiger partial charge in [0.25, 0.3) is 5.91 Å². The summed E-state index contributed by atoms with van der Waals surface area (Å²) in [6.07, 6.45) is 1.28. The topological polar surface area (TPSA) is 87.0 Å². The summed E-state index contributed by atoms with van der Waals surface area (Å²) in [5.74, 6) is 1.39. The van der Waals surface area contributed by atoms with E-state index in [4.69, 9.17) is 18.6 Å². The Kier molecular flexibility index (Phi) is 6.05. The summed E-state index contributed by atoms with van der Waals surface area (Å²) in [6, 6.07) is 25.2. The average Bonchev–Trinajstić information content (AvgIpc) is 2.89. The predicted octanol–water partition coefficient (Wildman–Crippen LogP) is 5.76. The van der Waals surface area contributed by atoms with Crippen molar-refractivity contribution in [2.45, 2.75) is 0 Å². The van der Waals surface area contributed by atoms with Crippen molar-refractivity contribution in [3.05, 3.63) is 101 Å². The normalized spacial score (nSPS) is 10.8. The number of carbonyl (C=O) groups excluding carboxylic acids is 1. The molecular formula is C28H21NO6. The van der Waals surface area contributed by atoms with Crippen molar-refractivity contribution in [2.75, 3.05) is 19.0 Å². The standard InChI is InChI=1S/C28H21NO6/c1-32-21-10-7-20(8-11-21)29-27(30)17-33-22-12-13-24-25(15-22)34-16-26(28(24)31)35-23-9-6-18-4-2-3-5-19(18)14-23/h2-16H,17H2,1H3,(H,29,30). The summed E-state index contributed by atoms with van der Waals surface area (Å²) >= 11 is 0. The lowest BCUT2D eigenvalue weighted by Gasteiger charge is -2.09. The Morgan fingerprint density at radius 1 is 0.857 bits per heavy atom. The van der Waals surface area contributed by atoms with Crippen LogP contribution >= 0.6 is 0 Å². The SMILES string of the molecule is COc1ccc(NC(=O)COc2ccc3c(=O)c(Oc4ccc5ccccc5c4)coc3c2)cc1. The number of anilines is 1. The average molecular weight is 467 g/mol. The lowest BCUT2D eigenvalue weighted by Crippen LogP contribution is -2.20. The fourth-order valence-corrected chi connectivity index (χ4v) is 3.63. The number of benzene rings is 4. The first-order chi connectivity index (χ1) is 17.1. The van der Waals surface area contributed by atoms with E-state index in [2.05, 4.69) is 5.32 Å². The maximum atomic E-state index is 12.9. The summed E-state index contributed by atoms with van der Waals surface area (Å²) in [5, 5.41) is 5.17. The number of methoxy groups -OCH3 is 1. The van der Waals surface area contributed by atoms with Gasteiger partial charge in [0.2, 0.25) is 11.2 Å². The second-order valence-corrected chi connectivity index (χ2v) is 7.76. The number of hydrogen-bond donors (Lipinski definition) is 1. The van der Waals surface area contributed by atoms with Crippen molar-refractivity contribution in [3.8, 4) is 23.0 Å². The van der Waals surface area contributed by atoms with E-state index in [1.165, 1.54) is 6.26 Å². The fraction of sp³-hybridized carbons (Fsp3) is 0.0714. The Bertz CT molecular complexity index is 1570. The van der Waals surface area contributed by atoms with Crippen LogP contribution in [0.15, 0.2) is 100 Å². The summed E-state index contributed by atoms with van der Waals surface area (Å²) in [4.78, 5) is 25.1. The largest absolute Gasteiger partial charge is 0.497 e. The van der Waals surface area contributed by atoms with Crippen molar-refractivity contribution in [1.29, 1.82) is 0 Å². The molecule has 0 saturated carbocycles. The molecule has 0 saturated heterocycles. The molecule has 0 atom stereocenters. The van der Waals surface area contributed by atoms with E-state index in [0.29, 0.717) is 33.9 Å².